The minimum atomic E-state index is 1.00. The fourth-order valence-electron chi connectivity index (χ4n) is 0.904. The number of aromatic nitrogens is 3. The molecule has 0 aromatic carbocycles. The van der Waals surface area contributed by atoms with E-state index in [0.29, 0.717) is 0 Å². The van der Waals surface area contributed by atoms with Crippen LogP contribution in [0.15, 0.2) is 23.8 Å². The van der Waals surface area contributed by atoms with Crippen LogP contribution in [0.25, 0.3) is 10.6 Å². The molecular formula is C8H7N3S. The van der Waals surface area contributed by atoms with Crippen LogP contribution in [-0.2, 0) is 0 Å². The molecule has 0 aliphatic rings. The molecule has 2 rings (SSSR count). The van der Waals surface area contributed by atoms with Crippen molar-refractivity contribution in [3.8, 4) is 10.6 Å². The van der Waals surface area contributed by atoms with Crippen LogP contribution in [0, 0.1) is 6.92 Å². The van der Waals surface area contributed by atoms with Gasteiger partial charge in [-0.1, -0.05) is 0 Å². The van der Waals surface area contributed by atoms with Gasteiger partial charge in [0.05, 0.1) is 12.4 Å². The quantitative estimate of drug-likeness (QED) is 0.667. The highest BCUT2D eigenvalue weighted by molar-refractivity contribution is 7.13. The van der Waals surface area contributed by atoms with E-state index in [1.54, 1.807) is 23.7 Å². The molecule has 0 amide bonds. The molecular weight excluding hydrogens is 170 g/mol. The standard InChI is InChI=1S/C8H7N3S/c1-6-5-12-8(11-6)7-2-3-9-10-4-7/h2-5H,1H3. The summed E-state index contributed by atoms with van der Waals surface area (Å²) in [5.41, 5.74) is 2.08. The zero-order valence-electron chi connectivity index (χ0n) is 6.56. The molecule has 0 saturated heterocycles. The monoisotopic (exact) mass is 177 g/mol. The van der Waals surface area contributed by atoms with E-state index in [4.69, 9.17) is 0 Å². The lowest BCUT2D eigenvalue weighted by molar-refractivity contribution is 1.03. The highest BCUT2D eigenvalue weighted by Gasteiger charge is 2.00. The summed E-state index contributed by atoms with van der Waals surface area (Å²) in [6, 6.07) is 1.91. The first-order valence-electron chi connectivity index (χ1n) is 3.55. The zero-order valence-corrected chi connectivity index (χ0v) is 7.38. The van der Waals surface area contributed by atoms with Crippen molar-refractivity contribution in [2.24, 2.45) is 0 Å². The van der Waals surface area contributed by atoms with Gasteiger partial charge in [0.1, 0.15) is 5.01 Å². The highest BCUT2D eigenvalue weighted by Crippen LogP contribution is 2.21. The van der Waals surface area contributed by atoms with Gasteiger partial charge in [-0.3, -0.25) is 0 Å². The summed E-state index contributed by atoms with van der Waals surface area (Å²) in [7, 11) is 0. The fraction of sp³-hybridized carbons (Fsp3) is 0.125. The first-order valence-corrected chi connectivity index (χ1v) is 4.43. The maximum absolute atomic E-state index is 4.33. The van der Waals surface area contributed by atoms with E-state index in [2.05, 4.69) is 15.2 Å². The fourth-order valence-corrected chi connectivity index (χ4v) is 1.69. The van der Waals surface area contributed by atoms with Gasteiger partial charge in [0.15, 0.2) is 0 Å². The molecule has 60 valence electrons. The Morgan fingerprint density at radius 1 is 1.33 bits per heavy atom. The van der Waals surface area contributed by atoms with Crippen molar-refractivity contribution >= 4 is 11.3 Å². The molecule has 0 aliphatic carbocycles. The predicted molar refractivity (Wildman–Crippen MR) is 47.9 cm³/mol. The van der Waals surface area contributed by atoms with Crippen molar-refractivity contribution in [1.82, 2.24) is 15.2 Å². The SMILES string of the molecule is Cc1csc(-c2ccnnc2)n1. The van der Waals surface area contributed by atoms with Crippen LogP contribution in [0.4, 0.5) is 0 Å². The summed E-state index contributed by atoms with van der Waals surface area (Å²) in [5, 5.41) is 10.5. The van der Waals surface area contributed by atoms with Crippen LogP contribution in [0.1, 0.15) is 5.69 Å². The number of aryl methyl sites for hydroxylation is 1. The van der Waals surface area contributed by atoms with E-state index in [9.17, 15) is 0 Å². The number of hydrogen-bond acceptors (Lipinski definition) is 4. The Morgan fingerprint density at radius 2 is 2.25 bits per heavy atom. The summed E-state index contributed by atoms with van der Waals surface area (Å²) in [6.07, 6.45) is 3.39. The molecule has 12 heavy (non-hydrogen) atoms. The van der Waals surface area contributed by atoms with Crippen molar-refractivity contribution < 1.29 is 0 Å². The number of rotatable bonds is 1. The number of thiazole rings is 1. The molecule has 0 aliphatic heterocycles. The number of nitrogens with zero attached hydrogens (tertiary/aromatic N) is 3. The predicted octanol–water partition coefficient (Wildman–Crippen LogP) is 1.91. The Kier molecular flexibility index (Phi) is 1.83. The molecule has 0 bridgehead atoms. The molecule has 0 unspecified atom stereocenters. The third-order valence-corrected chi connectivity index (χ3v) is 2.46. The van der Waals surface area contributed by atoms with Crippen molar-refractivity contribution in [1.29, 1.82) is 0 Å². The van der Waals surface area contributed by atoms with Crippen molar-refractivity contribution in [3.05, 3.63) is 29.5 Å². The average Bonchev–Trinajstić information content (AvgIpc) is 2.54. The number of hydrogen-bond donors (Lipinski definition) is 0. The maximum atomic E-state index is 4.33. The van der Waals surface area contributed by atoms with Crippen LogP contribution in [-0.4, -0.2) is 15.2 Å². The van der Waals surface area contributed by atoms with Crippen LogP contribution in [0.5, 0.6) is 0 Å². The van der Waals surface area contributed by atoms with Gasteiger partial charge < -0.3 is 0 Å². The van der Waals surface area contributed by atoms with Gasteiger partial charge in [0.2, 0.25) is 0 Å². The Balaban J connectivity index is 2.45. The third-order valence-electron chi connectivity index (χ3n) is 1.45. The largest absolute Gasteiger partial charge is 0.241 e. The summed E-state index contributed by atoms with van der Waals surface area (Å²) in [6.45, 7) is 1.98. The maximum Gasteiger partial charge on any atom is 0.125 e. The van der Waals surface area contributed by atoms with E-state index in [-0.39, 0.29) is 0 Å². The third kappa shape index (κ3) is 1.33. The Hall–Kier alpha value is -1.29. The lowest BCUT2D eigenvalue weighted by atomic mass is 10.3. The summed E-state index contributed by atoms with van der Waals surface area (Å²) in [5.74, 6) is 0. The van der Waals surface area contributed by atoms with Crippen molar-refractivity contribution in [2.45, 2.75) is 6.92 Å². The second kappa shape index (κ2) is 2.98. The summed E-state index contributed by atoms with van der Waals surface area (Å²) < 4.78 is 0. The van der Waals surface area contributed by atoms with Crippen LogP contribution >= 0.6 is 11.3 Å². The second-order valence-corrected chi connectivity index (χ2v) is 3.28. The first-order chi connectivity index (χ1) is 5.86. The van der Waals surface area contributed by atoms with Crippen LogP contribution < -0.4 is 0 Å². The molecule has 2 heterocycles. The molecule has 0 N–H and O–H groups in total. The molecule has 0 saturated carbocycles. The van der Waals surface area contributed by atoms with Gasteiger partial charge in [0.25, 0.3) is 0 Å². The van der Waals surface area contributed by atoms with Gasteiger partial charge in [-0.15, -0.1) is 11.3 Å². The van der Waals surface area contributed by atoms with Gasteiger partial charge >= 0.3 is 0 Å². The Labute approximate surface area is 74.1 Å². The Morgan fingerprint density at radius 3 is 2.83 bits per heavy atom. The lowest BCUT2D eigenvalue weighted by Crippen LogP contribution is -1.81. The molecule has 0 radical (unpaired) electrons. The van der Waals surface area contributed by atoms with Crippen LogP contribution in [0.2, 0.25) is 0 Å². The molecule has 0 fully saturated rings. The normalized spacial score (nSPS) is 10.1. The summed E-state index contributed by atoms with van der Waals surface area (Å²) in [4.78, 5) is 4.33. The van der Waals surface area contributed by atoms with Crippen LogP contribution in [0.3, 0.4) is 0 Å². The van der Waals surface area contributed by atoms with E-state index in [0.717, 1.165) is 16.3 Å². The molecule has 0 spiro atoms. The molecule has 0 atom stereocenters. The molecule has 2 aromatic rings. The van der Waals surface area contributed by atoms with E-state index in [1.165, 1.54) is 0 Å². The lowest BCUT2D eigenvalue weighted by Gasteiger charge is -1.90. The highest BCUT2D eigenvalue weighted by atomic mass is 32.1. The first kappa shape index (κ1) is 7.36. The Bertz CT molecular complexity index is 369. The topological polar surface area (TPSA) is 38.7 Å². The minimum absolute atomic E-state index is 1.00. The van der Waals surface area contributed by atoms with E-state index < -0.39 is 0 Å². The van der Waals surface area contributed by atoms with E-state index >= 15 is 0 Å². The minimum Gasteiger partial charge on any atom is -0.241 e. The van der Waals surface area contributed by atoms with Gasteiger partial charge in [0, 0.05) is 16.6 Å². The molecule has 3 nitrogen and oxygen atoms in total. The van der Waals surface area contributed by atoms with Gasteiger partial charge in [-0.25, -0.2) is 4.98 Å². The van der Waals surface area contributed by atoms with Gasteiger partial charge in [-0.05, 0) is 13.0 Å². The smallest absolute Gasteiger partial charge is 0.125 e. The molecule has 2 aromatic heterocycles. The summed E-state index contributed by atoms with van der Waals surface area (Å²) >= 11 is 1.62. The van der Waals surface area contributed by atoms with Crippen molar-refractivity contribution in [3.63, 3.8) is 0 Å². The zero-order chi connectivity index (χ0) is 8.39. The average molecular weight is 177 g/mol. The van der Waals surface area contributed by atoms with E-state index in [1.807, 2.05) is 18.4 Å². The second-order valence-electron chi connectivity index (χ2n) is 2.43. The van der Waals surface area contributed by atoms with Gasteiger partial charge in [-0.2, -0.15) is 10.2 Å². The van der Waals surface area contributed by atoms with Crippen molar-refractivity contribution in [2.75, 3.05) is 0 Å². The molecule has 4 heteroatoms.